The van der Waals surface area contributed by atoms with Crippen LogP contribution in [0.3, 0.4) is 0 Å². The lowest BCUT2D eigenvalue weighted by molar-refractivity contribution is -0.161. The molecule has 0 spiro atoms. The monoisotopic (exact) mass is 1400 g/mol. The van der Waals surface area contributed by atoms with Gasteiger partial charge < -0.3 is 33.8 Å². The smallest absolute Gasteiger partial charge is 0.462 e. The molecule has 564 valence electrons. The number of aliphatic hydroxyl groups is 1. The average molecular weight is 1400 g/mol. The van der Waals surface area contributed by atoms with Gasteiger partial charge in [0.05, 0.1) is 26.4 Å². The maximum absolute atomic E-state index is 13.1. The van der Waals surface area contributed by atoms with Crippen LogP contribution in [0, 0.1) is 11.8 Å². The van der Waals surface area contributed by atoms with E-state index in [2.05, 4.69) is 41.5 Å². The Bertz CT molecular complexity index is 1840. The summed E-state index contributed by atoms with van der Waals surface area (Å²) >= 11 is 0. The molecule has 0 bridgehead atoms. The van der Waals surface area contributed by atoms with E-state index in [4.69, 9.17) is 37.0 Å². The van der Waals surface area contributed by atoms with Gasteiger partial charge in [-0.3, -0.25) is 37.3 Å². The number of ether oxygens (including phenoxy) is 4. The highest BCUT2D eigenvalue weighted by molar-refractivity contribution is 7.47. The van der Waals surface area contributed by atoms with Crippen molar-refractivity contribution < 1.29 is 80.2 Å². The number of rotatable bonds is 75. The van der Waals surface area contributed by atoms with Crippen LogP contribution in [0.2, 0.25) is 0 Å². The summed E-state index contributed by atoms with van der Waals surface area (Å²) in [5.41, 5.74) is 0. The van der Waals surface area contributed by atoms with Crippen molar-refractivity contribution in [3.05, 3.63) is 0 Å². The number of esters is 4. The van der Waals surface area contributed by atoms with Gasteiger partial charge in [0.1, 0.15) is 19.3 Å². The lowest BCUT2D eigenvalue weighted by Gasteiger charge is -2.21. The van der Waals surface area contributed by atoms with E-state index in [1.165, 1.54) is 205 Å². The number of carbonyl (C=O) groups excluding carboxylic acids is 4. The number of hydrogen-bond acceptors (Lipinski definition) is 15. The average Bonchev–Trinajstić information content (AvgIpc) is 3.30. The summed E-state index contributed by atoms with van der Waals surface area (Å²) in [4.78, 5) is 72.7. The fraction of sp³-hybridized carbons (Fsp3) is 0.947. The first kappa shape index (κ1) is 93.1. The van der Waals surface area contributed by atoms with Crippen molar-refractivity contribution in [2.45, 2.75) is 413 Å². The van der Waals surface area contributed by atoms with E-state index in [9.17, 15) is 43.2 Å². The number of hydrogen-bond donors (Lipinski definition) is 3. The molecule has 0 aromatic heterocycles. The Balaban J connectivity index is 5.21. The zero-order valence-electron chi connectivity index (χ0n) is 62.0. The number of aliphatic hydroxyl groups excluding tert-OH is 1. The van der Waals surface area contributed by atoms with Gasteiger partial charge >= 0.3 is 39.5 Å². The molecule has 0 aromatic rings. The molecule has 3 unspecified atom stereocenters. The molecule has 0 rings (SSSR count). The van der Waals surface area contributed by atoms with Gasteiger partial charge in [0.2, 0.25) is 0 Å². The Kier molecular flexibility index (Phi) is 66.5. The molecule has 0 amide bonds. The van der Waals surface area contributed by atoms with E-state index in [0.717, 1.165) is 108 Å². The van der Waals surface area contributed by atoms with Crippen LogP contribution in [0.15, 0.2) is 0 Å². The zero-order chi connectivity index (χ0) is 70.0. The van der Waals surface area contributed by atoms with E-state index in [1.54, 1.807) is 0 Å². The Hall–Kier alpha value is -1.94. The Labute approximate surface area is 581 Å². The molecule has 17 nitrogen and oxygen atoms in total. The highest BCUT2D eigenvalue weighted by Gasteiger charge is 2.30. The fourth-order valence-corrected chi connectivity index (χ4v) is 13.2. The molecule has 95 heavy (non-hydrogen) atoms. The Morgan fingerprint density at radius 1 is 0.305 bits per heavy atom. The number of phosphoric acid groups is 2. The largest absolute Gasteiger partial charge is 0.472 e. The minimum atomic E-state index is -4.96. The Morgan fingerprint density at radius 3 is 0.800 bits per heavy atom. The molecule has 0 aliphatic carbocycles. The fourth-order valence-electron chi connectivity index (χ4n) is 11.6. The third-order valence-electron chi connectivity index (χ3n) is 18.1. The molecule has 0 fully saturated rings. The molecule has 3 N–H and O–H groups in total. The van der Waals surface area contributed by atoms with Crippen molar-refractivity contribution in [3.63, 3.8) is 0 Å². The highest BCUT2D eigenvalue weighted by Crippen LogP contribution is 2.45. The van der Waals surface area contributed by atoms with Gasteiger partial charge in [0, 0.05) is 25.7 Å². The first-order valence-electron chi connectivity index (χ1n) is 39.5. The van der Waals surface area contributed by atoms with Gasteiger partial charge in [0.15, 0.2) is 12.2 Å². The third-order valence-corrected chi connectivity index (χ3v) is 20.0. The second-order valence-electron chi connectivity index (χ2n) is 28.1. The lowest BCUT2D eigenvalue weighted by atomic mass is 9.99. The highest BCUT2D eigenvalue weighted by atomic mass is 31.2. The van der Waals surface area contributed by atoms with E-state index in [1.807, 2.05) is 0 Å². The topological polar surface area (TPSA) is 237 Å². The van der Waals surface area contributed by atoms with E-state index in [-0.39, 0.29) is 25.7 Å². The Morgan fingerprint density at radius 2 is 0.537 bits per heavy atom. The number of carbonyl (C=O) groups is 4. The van der Waals surface area contributed by atoms with Crippen LogP contribution in [-0.2, 0) is 65.4 Å². The molecule has 0 aliphatic rings. The molecule has 0 saturated carbocycles. The minimum absolute atomic E-state index is 0.107. The number of phosphoric ester groups is 2. The lowest BCUT2D eigenvalue weighted by Crippen LogP contribution is -2.30. The second kappa shape index (κ2) is 67.9. The molecule has 0 saturated heterocycles. The normalized spacial score (nSPS) is 14.3. The molecule has 0 aliphatic heterocycles. The molecular formula is C76H148O17P2. The second-order valence-corrected chi connectivity index (χ2v) is 31.0. The van der Waals surface area contributed by atoms with Crippen molar-refractivity contribution in [1.82, 2.24) is 0 Å². The molecule has 0 aromatic carbocycles. The molecule has 0 heterocycles. The summed E-state index contributed by atoms with van der Waals surface area (Å²) in [6.07, 6.45) is 55.4. The summed E-state index contributed by atoms with van der Waals surface area (Å²) in [6, 6.07) is 0. The maximum Gasteiger partial charge on any atom is 0.472 e. The quantitative estimate of drug-likeness (QED) is 0.0222. The first-order chi connectivity index (χ1) is 45.9. The van der Waals surface area contributed by atoms with Crippen LogP contribution in [-0.4, -0.2) is 96.7 Å². The van der Waals surface area contributed by atoms with Crippen molar-refractivity contribution >= 4 is 39.5 Å². The van der Waals surface area contributed by atoms with Crippen molar-refractivity contribution in [1.29, 1.82) is 0 Å². The minimum Gasteiger partial charge on any atom is -0.462 e. The summed E-state index contributed by atoms with van der Waals surface area (Å²) in [5, 5.41) is 10.6. The van der Waals surface area contributed by atoms with Crippen LogP contribution in [0.5, 0.6) is 0 Å². The van der Waals surface area contributed by atoms with Gasteiger partial charge in [-0.05, 0) is 37.5 Å². The van der Waals surface area contributed by atoms with Gasteiger partial charge in [-0.1, -0.05) is 343 Å². The summed E-state index contributed by atoms with van der Waals surface area (Å²) in [6.45, 7) is 9.65. The number of unbranched alkanes of at least 4 members (excludes halogenated alkanes) is 44. The van der Waals surface area contributed by atoms with Crippen LogP contribution < -0.4 is 0 Å². The van der Waals surface area contributed by atoms with Gasteiger partial charge in [-0.15, -0.1) is 0 Å². The third kappa shape index (κ3) is 69.0. The summed E-state index contributed by atoms with van der Waals surface area (Å²) in [7, 11) is -9.91. The molecular weight excluding hydrogens is 1250 g/mol. The van der Waals surface area contributed by atoms with E-state index in [0.29, 0.717) is 25.7 Å². The molecule has 19 heteroatoms. The summed E-state index contributed by atoms with van der Waals surface area (Å²) in [5.74, 6) is -0.471. The van der Waals surface area contributed by atoms with Crippen molar-refractivity contribution in [2.75, 3.05) is 39.6 Å². The van der Waals surface area contributed by atoms with Crippen LogP contribution in [0.4, 0.5) is 0 Å². The van der Waals surface area contributed by atoms with Crippen molar-refractivity contribution in [3.8, 4) is 0 Å². The van der Waals surface area contributed by atoms with Crippen molar-refractivity contribution in [2.24, 2.45) is 11.8 Å². The van der Waals surface area contributed by atoms with E-state index >= 15 is 0 Å². The van der Waals surface area contributed by atoms with Crippen LogP contribution in [0.1, 0.15) is 395 Å². The predicted octanol–water partition coefficient (Wildman–Crippen LogP) is 22.3. The SMILES string of the molecule is CCCCCCCCCCCCCCC(=O)O[C@H](COC(=O)CCCCCCCCCC)COP(=O)(O)OC[C@H](O)COP(=O)(O)OC[C@@H](COC(=O)CCCCCCCCCCCCCCCCC(C)C)OC(=O)CCCCCCCCCCCCCCCCC(C)CC. The zero-order valence-corrected chi connectivity index (χ0v) is 63.8. The van der Waals surface area contributed by atoms with Crippen LogP contribution >= 0.6 is 15.6 Å². The van der Waals surface area contributed by atoms with Gasteiger partial charge in [-0.2, -0.15) is 0 Å². The standard InChI is InChI=1S/C76H148O17P2/c1-7-10-12-14-16-18-19-30-36-42-48-54-60-75(80)92-71(64-86-73(78)58-52-46-40-17-15-13-11-8-2)66-90-94(82,83)88-62-70(77)63-89-95(84,85)91-67-72(65-87-74(79)59-53-47-41-35-31-26-22-20-24-28-33-38-44-50-56-68(4)5)93-76(81)61-55-49-43-37-32-27-23-21-25-29-34-39-45-51-57-69(6)9-3/h68-72,77H,7-67H2,1-6H3,(H,82,83)(H,84,85)/t69?,70-,71+,72+/m0/s1. The van der Waals surface area contributed by atoms with Gasteiger partial charge in [0.25, 0.3) is 0 Å². The molecule has 0 radical (unpaired) electrons. The van der Waals surface area contributed by atoms with Gasteiger partial charge in [-0.25, -0.2) is 9.13 Å². The summed E-state index contributed by atoms with van der Waals surface area (Å²) < 4.78 is 68.5. The molecule has 6 atom stereocenters. The predicted molar refractivity (Wildman–Crippen MR) is 386 cm³/mol. The van der Waals surface area contributed by atoms with Crippen LogP contribution in [0.25, 0.3) is 0 Å². The maximum atomic E-state index is 13.1. The van der Waals surface area contributed by atoms with E-state index < -0.39 is 97.5 Å². The first-order valence-corrected chi connectivity index (χ1v) is 42.5.